The molecule has 24 heavy (non-hydrogen) atoms. The van der Waals surface area contributed by atoms with Gasteiger partial charge in [0.2, 0.25) is 0 Å². The lowest BCUT2D eigenvalue weighted by molar-refractivity contribution is -0.146. The van der Waals surface area contributed by atoms with E-state index in [2.05, 4.69) is 5.32 Å². The third kappa shape index (κ3) is 4.43. The van der Waals surface area contributed by atoms with Crippen molar-refractivity contribution in [2.24, 2.45) is 0 Å². The van der Waals surface area contributed by atoms with E-state index in [0.717, 1.165) is 5.56 Å². The fraction of sp³-hybridized carbons (Fsp3) is 0.211. The Morgan fingerprint density at radius 3 is 2.67 bits per heavy atom. The number of rotatable bonds is 5. The second kappa shape index (κ2) is 7.93. The SMILES string of the molecule is Cc1cccc(C(=O)N[C@@H](C)C(=O)OCc2ccccc2C#N)c1. The first-order chi connectivity index (χ1) is 11.5. The van der Waals surface area contributed by atoms with Gasteiger partial charge in [0, 0.05) is 11.1 Å². The summed E-state index contributed by atoms with van der Waals surface area (Å²) in [5.74, 6) is -0.885. The summed E-state index contributed by atoms with van der Waals surface area (Å²) in [4.78, 5) is 24.2. The van der Waals surface area contributed by atoms with Gasteiger partial charge < -0.3 is 10.1 Å². The number of nitrogens with zero attached hydrogens (tertiary/aromatic N) is 1. The minimum absolute atomic E-state index is 0.00672. The monoisotopic (exact) mass is 322 g/mol. The van der Waals surface area contributed by atoms with Crippen molar-refractivity contribution in [3.63, 3.8) is 0 Å². The average molecular weight is 322 g/mol. The maximum absolute atomic E-state index is 12.1. The van der Waals surface area contributed by atoms with Crippen LogP contribution in [0.25, 0.3) is 0 Å². The van der Waals surface area contributed by atoms with Gasteiger partial charge in [0.15, 0.2) is 0 Å². The first-order valence-corrected chi connectivity index (χ1v) is 7.53. The Morgan fingerprint density at radius 1 is 1.21 bits per heavy atom. The average Bonchev–Trinajstić information content (AvgIpc) is 2.59. The minimum Gasteiger partial charge on any atom is -0.459 e. The molecule has 2 aromatic rings. The van der Waals surface area contributed by atoms with E-state index in [4.69, 9.17) is 10.00 Å². The van der Waals surface area contributed by atoms with Crippen molar-refractivity contribution in [1.29, 1.82) is 5.26 Å². The van der Waals surface area contributed by atoms with E-state index in [-0.39, 0.29) is 12.5 Å². The Kier molecular flexibility index (Phi) is 5.69. The summed E-state index contributed by atoms with van der Waals surface area (Å²) in [6.45, 7) is 3.45. The molecule has 122 valence electrons. The van der Waals surface area contributed by atoms with Crippen LogP contribution in [0.4, 0.5) is 0 Å². The molecule has 2 aromatic carbocycles. The lowest BCUT2D eigenvalue weighted by atomic mass is 10.1. The molecule has 0 heterocycles. The normalized spacial score (nSPS) is 11.2. The molecule has 1 amide bonds. The number of benzene rings is 2. The van der Waals surface area contributed by atoms with Gasteiger partial charge in [-0.05, 0) is 32.0 Å². The highest BCUT2D eigenvalue weighted by Crippen LogP contribution is 2.09. The quantitative estimate of drug-likeness (QED) is 0.858. The van der Waals surface area contributed by atoms with Crippen LogP contribution in [0.5, 0.6) is 0 Å². The van der Waals surface area contributed by atoms with Crippen molar-refractivity contribution < 1.29 is 14.3 Å². The van der Waals surface area contributed by atoms with Crippen LogP contribution in [0, 0.1) is 18.3 Å². The van der Waals surface area contributed by atoms with E-state index in [0.29, 0.717) is 16.7 Å². The summed E-state index contributed by atoms with van der Waals surface area (Å²) in [7, 11) is 0. The number of ether oxygens (including phenoxy) is 1. The zero-order chi connectivity index (χ0) is 17.5. The lowest BCUT2D eigenvalue weighted by Crippen LogP contribution is -2.39. The maximum Gasteiger partial charge on any atom is 0.328 e. The van der Waals surface area contributed by atoms with E-state index >= 15 is 0 Å². The Labute approximate surface area is 140 Å². The van der Waals surface area contributed by atoms with Gasteiger partial charge in [-0.3, -0.25) is 4.79 Å². The van der Waals surface area contributed by atoms with Gasteiger partial charge >= 0.3 is 5.97 Å². The molecule has 0 aromatic heterocycles. The third-order valence-corrected chi connectivity index (χ3v) is 3.49. The Balaban J connectivity index is 1.93. The topological polar surface area (TPSA) is 79.2 Å². The van der Waals surface area contributed by atoms with Gasteiger partial charge in [0.1, 0.15) is 12.6 Å². The van der Waals surface area contributed by atoms with E-state index in [1.54, 1.807) is 49.4 Å². The number of hydrogen-bond acceptors (Lipinski definition) is 4. The molecule has 2 rings (SSSR count). The maximum atomic E-state index is 12.1. The van der Waals surface area contributed by atoms with Crippen LogP contribution in [0.3, 0.4) is 0 Å². The first-order valence-electron chi connectivity index (χ1n) is 7.53. The predicted molar refractivity (Wildman–Crippen MR) is 89.1 cm³/mol. The smallest absolute Gasteiger partial charge is 0.328 e. The van der Waals surface area contributed by atoms with E-state index in [9.17, 15) is 9.59 Å². The number of carbonyl (C=O) groups excluding carboxylic acids is 2. The van der Waals surface area contributed by atoms with Gasteiger partial charge in [0.25, 0.3) is 5.91 Å². The molecule has 0 radical (unpaired) electrons. The second-order valence-electron chi connectivity index (χ2n) is 5.44. The van der Waals surface area contributed by atoms with Crippen LogP contribution in [0.1, 0.15) is 34.0 Å². The predicted octanol–water partition coefficient (Wildman–Crippen LogP) is 2.73. The van der Waals surface area contributed by atoms with Crippen LogP contribution in [-0.2, 0) is 16.1 Å². The van der Waals surface area contributed by atoms with Gasteiger partial charge in [0.05, 0.1) is 11.6 Å². The second-order valence-corrected chi connectivity index (χ2v) is 5.44. The standard InChI is InChI=1S/C19H18N2O3/c1-13-6-5-9-15(10-13)18(22)21-14(2)19(23)24-12-17-8-4-3-7-16(17)11-20/h3-10,14H,12H2,1-2H3,(H,21,22)/t14-/m0/s1. The highest BCUT2D eigenvalue weighted by atomic mass is 16.5. The summed E-state index contributed by atoms with van der Waals surface area (Å²) >= 11 is 0. The van der Waals surface area contributed by atoms with Crippen LogP contribution >= 0.6 is 0 Å². The molecule has 5 heteroatoms. The van der Waals surface area contributed by atoms with Gasteiger partial charge in [-0.2, -0.15) is 5.26 Å². The van der Waals surface area contributed by atoms with E-state index in [1.807, 2.05) is 19.1 Å². The zero-order valence-corrected chi connectivity index (χ0v) is 13.6. The fourth-order valence-corrected chi connectivity index (χ4v) is 2.15. The highest BCUT2D eigenvalue weighted by Gasteiger charge is 2.18. The van der Waals surface area contributed by atoms with Crippen LogP contribution in [0.2, 0.25) is 0 Å². The molecule has 0 aliphatic rings. The summed E-state index contributed by atoms with van der Waals surface area (Å²) in [5, 5.41) is 11.6. The number of esters is 1. The zero-order valence-electron chi connectivity index (χ0n) is 13.6. The number of carbonyl (C=O) groups is 2. The van der Waals surface area contributed by atoms with Crippen molar-refractivity contribution in [2.75, 3.05) is 0 Å². The van der Waals surface area contributed by atoms with Crippen LogP contribution in [0.15, 0.2) is 48.5 Å². The van der Waals surface area contributed by atoms with Crippen LogP contribution < -0.4 is 5.32 Å². The Hall–Kier alpha value is -3.13. The van der Waals surface area contributed by atoms with Crippen molar-refractivity contribution in [1.82, 2.24) is 5.32 Å². The molecule has 0 aliphatic carbocycles. The number of hydrogen-bond donors (Lipinski definition) is 1. The third-order valence-electron chi connectivity index (χ3n) is 3.49. The molecule has 1 atom stereocenters. The Bertz CT molecular complexity index is 793. The van der Waals surface area contributed by atoms with E-state index in [1.165, 1.54) is 0 Å². The molecular weight excluding hydrogens is 304 g/mol. The minimum atomic E-state index is -0.785. The number of nitriles is 1. The highest BCUT2D eigenvalue weighted by molar-refractivity contribution is 5.96. The molecule has 0 fully saturated rings. The molecule has 0 saturated heterocycles. The molecule has 5 nitrogen and oxygen atoms in total. The molecule has 0 saturated carbocycles. The first kappa shape index (κ1) is 17.2. The molecule has 0 spiro atoms. The van der Waals surface area contributed by atoms with Gasteiger partial charge in [-0.25, -0.2) is 4.79 Å². The molecule has 1 N–H and O–H groups in total. The van der Waals surface area contributed by atoms with Crippen LogP contribution in [-0.4, -0.2) is 17.9 Å². The van der Waals surface area contributed by atoms with Crippen molar-refractivity contribution in [3.05, 3.63) is 70.8 Å². The van der Waals surface area contributed by atoms with Crippen molar-refractivity contribution in [2.45, 2.75) is 26.5 Å². The lowest BCUT2D eigenvalue weighted by Gasteiger charge is -2.14. The summed E-state index contributed by atoms with van der Waals surface area (Å²) in [6.07, 6.45) is 0. The molecule has 0 bridgehead atoms. The molecule has 0 unspecified atom stereocenters. The number of amides is 1. The van der Waals surface area contributed by atoms with E-state index < -0.39 is 12.0 Å². The molecular formula is C19H18N2O3. The largest absolute Gasteiger partial charge is 0.459 e. The fourth-order valence-electron chi connectivity index (χ4n) is 2.15. The Morgan fingerprint density at radius 2 is 1.96 bits per heavy atom. The molecule has 0 aliphatic heterocycles. The number of aryl methyl sites for hydroxylation is 1. The van der Waals surface area contributed by atoms with Gasteiger partial charge in [-0.1, -0.05) is 35.9 Å². The van der Waals surface area contributed by atoms with Crippen molar-refractivity contribution >= 4 is 11.9 Å². The number of nitrogens with one attached hydrogen (secondary N) is 1. The van der Waals surface area contributed by atoms with Crippen molar-refractivity contribution in [3.8, 4) is 6.07 Å². The summed E-state index contributed by atoms with van der Waals surface area (Å²) < 4.78 is 5.19. The summed E-state index contributed by atoms with van der Waals surface area (Å²) in [5.41, 5.74) is 2.54. The summed E-state index contributed by atoms with van der Waals surface area (Å²) in [6, 6.07) is 15.3. The van der Waals surface area contributed by atoms with Gasteiger partial charge in [-0.15, -0.1) is 0 Å².